The second-order valence-corrected chi connectivity index (χ2v) is 8.22. The first kappa shape index (κ1) is 19.4. The van der Waals surface area contributed by atoms with Crippen molar-refractivity contribution >= 4 is 28.3 Å². The summed E-state index contributed by atoms with van der Waals surface area (Å²) in [5, 5.41) is 13.7. The first-order chi connectivity index (χ1) is 15.1. The van der Waals surface area contributed by atoms with Crippen LogP contribution in [0, 0.1) is 35.0 Å². The Kier molecular flexibility index (Phi) is 4.75. The highest BCUT2D eigenvalue weighted by Crippen LogP contribution is 2.60. The lowest BCUT2D eigenvalue weighted by Gasteiger charge is -2.12. The van der Waals surface area contributed by atoms with Crippen LogP contribution in [0.3, 0.4) is 0 Å². The molecule has 2 aliphatic rings. The molecule has 0 spiro atoms. The van der Waals surface area contributed by atoms with Crippen LogP contribution in [0.4, 0.5) is 11.6 Å². The second kappa shape index (κ2) is 7.60. The van der Waals surface area contributed by atoms with Gasteiger partial charge in [0.2, 0.25) is 5.91 Å². The van der Waals surface area contributed by atoms with Crippen LogP contribution in [0.5, 0.6) is 0 Å². The van der Waals surface area contributed by atoms with Gasteiger partial charge in [-0.3, -0.25) is 9.78 Å². The van der Waals surface area contributed by atoms with Gasteiger partial charge in [0.05, 0.1) is 24.3 Å². The number of hydrogen-bond donors (Lipinski definition) is 2. The maximum Gasteiger partial charge on any atom is 0.229 e. The van der Waals surface area contributed by atoms with Crippen LogP contribution in [0.25, 0.3) is 22.0 Å². The molecule has 8 heteroatoms. The third kappa shape index (κ3) is 3.37. The van der Waals surface area contributed by atoms with Crippen LogP contribution in [0.2, 0.25) is 0 Å². The summed E-state index contributed by atoms with van der Waals surface area (Å²) in [7, 11) is 1.64. The molecule has 4 atom stereocenters. The lowest BCUT2D eigenvalue weighted by atomic mass is 10.0. The summed E-state index contributed by atoms with van der Waals surface area (Å²) in [5.74, 6) is 1.22. The number of hydrogen-bond acceptors (Lipinski definition) is 7. The summed E-state index contributed by atoms with van der Waals surface area (Å²) in [5.41, 5.74) is 8.68. The molecule has 0 bridgehead atoms. The molecular formula is C23H22N6O2. The molecule has 2 aliphatic carbocycles. The zero-order valence-corrected chi connectivity index (χ0v) is 17.1. The summed E-state index contributed by atoms with van der Waals surface area (Å²) in [4.78, 5) is 25.8. The number of pyridine rings is 3. The molecule has 3 heterocycles. The zero-order valence-electron chi connectivity index (χ0n) is 17.1. The first-order valence-corrected chi connectivity index (χ1v) is 10.3. The maximum absolute atomic E-state index is 12.7. The Morgan fingerprint density at radius 1 is 1.35 bits per heavy atom. The minimum atomic E-state index is -0.0824. The van der Waals surface area contributed by atoms with Crippen LogP contribution >= 0.6 is 0 Å². The highest BCUT2D eigenvalue weighted by atomic mass is 16.5. The van der Waals surface area contributed by atoms with E-state index in [2.05, 4.69) is 26.3 Å². The number of aromatic nitrogens is 3. The lowest BCUT2D eigenvalue weighted by Crippen LogP contribution is -2.19. The summed E-state index contributed by atoms with van der Waals surface area (Å²) in [6, 6.07) is 7.95. The third-order valence-electron chi connectivity index (χ3n) is 6.46. The monoisotopic (exact) mass is 414 g/mol. The van der Waals surface area contributed by atoms with Crippen molar-refractivity contribution in [3.8, 4) is 17.3 Å². The van der Waals surface area contributed by atoms with Crippen molar-refractivity contribution in [1.29, 1.82) is 5.26 Å². The fourth-order valence-electron chi connectivity index (χ4n) is 4.93. The number of amides is 1. The van der Waals surface area contributed by atoms with Crippen molar-refractivity contribution in [2.24, 2.45) is 23.7 Å². The molecular weight excluding hydrogens is 392 g/mol. The Hall–Kier alpha value is -3.57. The van der Waals surface area contributed by atoms with Crippen LogP contribution in [0.1, 0.15) is 18.4 Å². The fourth-order valence-corrected chi connectivity index (χ4v) is 4.93. The number of nitrogens with zero attached hydrogens (tertiary/aromatic N) is 4. The number of nitrogens with two attached hydrogens (primary N) is 1. The number of carbonyl (C=O) groups excluding carboxylic acids is 1. The molecule has 31 heavy (non-hydrogen) atoms. The maximum atomic E-state index is 12.7. The smallest absolute Gasteiger partial charge is 0.229 e. The molecule has 8 nitrogen and oxygen atoms in total. The minimum absolute atomic E-state index is 0.000443. The van der Waals surface area contributed by atoms with Crippen molar-refractivity contribution in [3.05, 3.63) is 42.4 Å². The van der Waals surface area contributed by atoms with Crippen molar-refractivity contribution in [3.63, 3.8) is 0 Å². The Balaban J connectivity index is 1.43. The van der Waals surface area contributed by atoms with Gasteiger partial charge >= 0.3 is 0 Å². The quantitative estimate of drug-likeness (QED) is 0.656. The van der Waals surface area contributed by atoms with E-state index < -0.39 is 0 Å². The van der Waals surface area contributed by atoms with Gasteiger partial charge in [-0.1, -0.05) is 0 Å². The molecule has 5 rings (SSSR count). The molecule has 156 valence electrons. The van der Waals surface area contributed by atoms with E-state index in [-0.39, 0.29) is 23.7 Å². The van der Waals surface area contributed by atoms with Crippen LogP contribution in [-0.2, 0) is 16.1 Å². The van der Waals surface area contributed by atoms with Crippen molar-refractivity contribution < 1.29 is 9.53 Å². The Labute approximate surface area is 179 Å². The number of anilines is 2. The summed E-state index contributed by atoms with van der Waals surface area (Å²) < 4.78 is 5.28. The summed E-state index contributed by atoms with van der Waals surface area (Å²) >= 11 is 0. The molecule has 2 fully saturated rings. The Morgan fingerprint density at radius 3 is 3.03 bits per heavy atom. The van der Waals surface area contributed by atoms with E-state index in [1.165, 1.54) is 0 Å². The highest BCUT2D eigenvalue weighted by Gasteiger charge is 2.61. The van der Waals surface area contributed by atoms with E-state index in [1.54, 1.807) is 31.8 Å². The molecule has 0 radical (unpaired) electrons. The Bertz CT molecular complexity index is 1220. The van der Waals surface area contributed by atoms with Gasteiger partial charge in [-0.25, -0.2) is 9.97 Å². The lowest BCUT2D eigenvalue weighted by molar-refractivity contribution is -0.118. The third-order valence-corrected chi connectivity index (χ3v) is 6.46. The van der Waals surface area contributed by atoms with Crippen LogP contribution in [0.15, 0.2) is 36.8 Å². The van der Waals surface area contributed by atoms with E-state index >= 15 is 0 Å². The zero-order chi connectivity index (χ0) is 21.5. The largest absolute Gasteiger partial charge is 0.383 e. The fraction of sp³-hybridized carbons (Fsp3) is 0.348. The molecule has 0 aromatic carbocycles. The van der Waals surface area contributed by atoms with Crippen molar-refractivity contribution in [2.45, 2.75) is 19.4 Å². The van der Waals surface area contributed by atoms with Gasteiger partial charge in [-0.05, 0) is 53.8 Å². The number of fused-ring (bicyclic) bond motifs is 2. The van der Waals surface area contributed by atoms with Gasteiger partial charge in [0, 0.05) is 42.6 Å². The molecule has 3 aromatic heterocycles. The molecule has 3 N–H and O–H groups in total. The standard InChI is InChI=1S/C23H22N6O2/c1-31-11-13-4-5-26-9-16(13)18-6-14-7-19(27-10-17(14)22(25)28-18)29-23(30)21-15-3-2-12(8-24)20(15)21/h4-7,9-10,12,15,20-21H,2-3,11H2,1H3,(H2,25,28)(H,27,29,30)/t12-,15+,20-,21?/m0/s1. The van der Waals surface area contributed by atoms with E-state index in [4.69, 9.17) is 10.5 Å². The number of nitriles is 1. The number of nitrogen functional groups attached to an aromatic ring is 1. The normalized spacial score (nSPS) is 23.9. The number of nitrogens with one attached hydrogen (secondary N) is 1. The number of methoxy groups -OCH3 is 1. The van der Waals surface area contributed by atoms with Gasteiger partial charge in [-0.15, -0.1) is 0 Å². The average molecular weight is 414 g/mol. The molecule has 1 unspecified atom stereocenters. The van der Waals surface area contributed by atoms with E-state index in [0.717, 1.165) is 29.4 Å². The summed E-state index contributed by atoms with van der Waals surface area (Å²) in [6.07, 6.45) is 6.93. The second-order valence-electron chi connectivity index (χ2n) is 8.22. The van der Waals surface area contributed by atoms with Gasteiger partial charge in [-0.2, -0.15) is 5.26 Å². The Morgan fingerprint density at radius 2 is 2.23 bits per heavy atom. The predicted octanol–water partition coefficient (Wildman–Crippen LogP) is 3.15. The molecule has 2 saturated carbocycles. The minimum Gasteiger partial charge on any atom is -0.383 e. The molecule has 3 aromatic rings. The van der Waals surface area contributed by atoms with Crippen LogP contribution in [-0.4, -0.2) is 28.0 Å². The molecule has 1 amide bonds. The van der Waals surface area contributed by atoms with E-state index in [0.29, 0.717) is 35.2 Å². The predicted molar refractivity (Wildman–Crippen MR) is 115 cm³/mol. The highest BCUT2D eigenvalue weighted by molar-refractivity contribution is 5.98. The topological polar surface area (TPSA) is 127 Å². The van der Waals surface area contributed by atoms with Crippen molar-refractivity contribution in [1.82, 2.24) is 15.0 Å². The molecule has 0 aliphatic heterocycles. The van der Waals surface area contributed by atoms with Gasteiger partial charge < -0.3 is 15.8 Å². The van der Waals surface area contributed by atoms with Gasteiger partial charge in [0.1, 0.15) is 11.6 Å². The van der Waals surface area contributed by atoms with E-state index in [1.807, 2.05) is 12.1 Å². The number of carbonyl (C=O) groups is 1. The van der Waals surface area contributed by atoms with Gasteiger partial charge in [0.15, 0.2) is 0 Å². The van der Waals surface area contributed by atoms with Crippen molar-refractivity contribution in [2.75, 3.05) is 18.2 Å². The van der Waals surface area contributed by atoms with E-state index in [9.17, 15) is 10.1 Å². The average Bonchev–Trinajstić information content (AvgIpc) is 3.34. The summed E-state index contributed by atoms with van der Waals surface area (Å²) in [6.45, 7) is 0.433. The van der Waals surface area contributed by atoms with Gasteiger partial charge in [0.25, 0.3) is 0 Å². The number of rotatable bonds is 5. The molecule has 0 saturated heterocycles. The number of ether oxygens (including phenoxy) is 1. The van der Waals surface area contributed by atoms with Crippen LogP contribution < -0.4 is 11.1 Å². The SMILES string of the molecule is COCc1ccncc1-c1cc2cc(NC(=O)C3[C@H]4[C@H](C#N)CC[C@@H]34)ncc2c(N)n1. The first-order valence-electron chi connectivity index (χ1n) is 10.3.